The number of nitrogens with zero attached hydrogens (tertiary/aromatic N) is 1. The Morgan fingerprint density at radius 3 is 2.48 bits per heavy atom. The Hall–Kier alpha value is -3.31. The highest BCUT2D eigenvalue weighted by Crippen LogP contribution is 2.53. The average Bonchev–Trinajstić information content (AvgIpc) is 3.43. The third kappa shape index (κ3) is 4.68. The SMILES string of the molecule is COc1cc([C@@H]2c3sc(=O)[nH]c3S[C@H]3C(=O)N(c4ccc(F)cc4)C(=O)[C@@H]23)ccc1OCc1ccc(Cl)cc1Cl. The van der Waals surface area contributed by atoms with E-state index in [0.29, 0.717) is 42.7 Å². The Balaban J connectivity index is 1.37. The predicted octanol–water partition coefficient (Wildman–Crippen LogP) is 6.27. The number of halogens is 3. The van der Waals surface area contributed by atoms with Crippen molar-refractivity contribution in [3.8, 4) is 11.5 Å². The van der Waals surface area contributed by atoms with E-state index < -0.39 is 34.7 Å². The van der Waals surface area contributed by atoms with E-state index in [-0.39, 0.29) is 11.5 Å². The molecular weight excluding hydrogens is 598 g/mol. The van der Waals surface area contributed by atoms with Crippen LogP contribution < -0.4 is 19.2 Å². The first-order valence-corrected chi connectivity index (χ1v) is 14.5. The summed E-state index contributed by atoms with van der Waals surface area (Å²) in [4.78, 5) is 44.0. The maximum Gasteiger partial charge on any atom is 0.305 e. The summed E-state index contributed by atoms with van der Waals surface area (Å²) in [6.45, 7) is 0.166. The molecular formula is C28H19Cl2FN2O5S2. The number of amides is 2. The number of hydrogen-bond donors (Lipinski definition) is 1. The fraction of sp³-hybridized carbons (Fsp3) is 0.179. The highest BCUT2D eigenvalue weighted by Gasteiger charge is 2.56. The monoisotopic (exact) mass is 616 g/mol. The summed E-state index contributed by atoms with van der Waals surface area (Å²) in [5.41, 5.74) is 1.72. The molecule has 12 heteroatoms. The van der Waals surface area contributed by atoms with Crippen LogP contribution in [0.3, 0.4) is 0 Å². The van der Waals surface area contributed by atoms with Gasteiger partial charge in [0.15, 0.2) is 11.5 Å². The van der Waals surface area contributed by atoms with Gasteiger partial charge in [-0.05, 0) is 54.1 Å². The summed E-state index contributed by atoms with van der Waals surface area (Å²) in [7, 11) is 1.50. The average molecular weight is 618 g/mol. The van der Waals surface area contributed by atoms with E-state index in [0.717, 1.165) is 21.8 Å². The molecule has 1 fully saturated rings. The van der Waals surface area contributed by atoms with Gasteiger partial charge in [-0.3, -0.25) is 14.4 Å². The van der Waals surface area contributed by atoms with Crippen molar-refractivity contribution in [2.24, 2.45) is 5.92 Å². The second-order valence-corrected chi connectivity index (χ2v) is 12.2. The number of hydrogen-bond acceptors (Lipinski definition) is 7. The van der Waals surface area contributed by atoms with E-state index in [1.165, 1.54) is 43.1 Å². The summed E-state index contributed by atoms with van der Waals surface area (Å²) in [5.74, 6) is -1.83. The van der Waals surface area contributed by atoms with E-state index >= 15 is 0 Å². The summed E-state index contributed by atoms with van der Waals surface area (Å²) < 4.78 is 25.2. The lowest BCUT2D eigenvalue weighted by atomic mass is 9.83. The number of aromatic nitrogens is 1. The molecule has 40 heavy (non-hydrogen) atoms. The molecule has 6 rings (SSSR count). The molecule has 1 aromatic heterocycles. The quantitative estimate of drug-likeness (QED) is 0.257. The largest absolute Gasteiger partial charge is 0.493 e. The van der Waals surface area contributed by atoms with Crippen molar-refractivity contribution >= 4 is 63.8 Å². The van der Waals surface area contributed by atoms with Crippen LogP contribution in [0.5, 0.6) is 11.5 Å². The number of nitrogens with one attached hydrogen (secondary N) is 1. The topological polar surface area (TPSA) is 88.7 Å². The molecule has 0 bridgehead atoms. The lowest BCUT2D eigenvalue weighted by Crippen LogP contribution is -2.32. The minimum Gasteiger partial charge on any atom is -0.493 e. The van der Waals surface area contributed by atoms with Crippen molar-refractivity contribution in [2.45, 2.75) is 22.8 Å². The van der Waals surface area contributed by atoms with Gasteiger partial charge in [-0.1, -0.05) is 58.4 Å². The lowest BCUT2D eigenvalue weighted by Gasteiger charge is -2.30. The summed E-state index contributed by atoms with van der Waals surface area (Å²) >= 11 is 14.5. The van der Waals surface area contributed by atoms with Gasteiger partial charge in [-0.2, -0.15) is 0 Å². The minimum absolute atomic E-state index is 0.166. The number of rotatable bonds is 6. The third-order valence-electron chi connectivity index (χ3n) is 6.85. The number of ether oxygens (including phenoxy) is 2. The second-order valence-electron chi connectivity index (χ2n) is 9.17. The number of anilines is 1. The normalized spacial score (nSPS) is 19.9. The minimum atomic E-state index is -0.786. The Bertz CT molecular complexity index is 1710. The highest BCUT2D eigenvalue weighted by molar-refractivity contribution is 8.00. The van der Waals surface area contributed by atoms with Crippen molar-refractivity contribution in [3.63, 3.8) is 0 Å². The lowest BCUT2D eigenvalue weighted by molar-refractivity contribution is -0.122. The molecule has 1 N–H and O–H groups in total. The van der Waals surface area contributed by atoms with Gasteiger partial charge in [0.2, 0.25) is 11.8 Å². The molecule has 2 aliphatic rings. The first-order chi connectivity index (χ1) is 19.2. The molecule has 0 unspecified atom stereocenters. The molecule has 3 heterocycles. The van der Waals surface area contributed by atoms with Crippen molar-refractivity contribution in [1.82, 2.24) is 4.98 Å². The fourth-order valence-electron chi connectivity index (χ4n) is 5.01. The van der Waals surface area contributed by atoms with Crippen LogP contribution in [0.4, 0.5) is 10.1 Å². The van der Waals surface area contributed by atoms with Gasteiger partial charge in [0, 0.05) is 26.4 Å². The smallest absolute Gasteiger partial charge is 0.305 e. The zero-order chi connectivity index (χ0) is 28.1. The standard InChI is InChI=1S/C28H19Cl2FN2O5S2/c1-37-20-10-13(3-9-19(20)38-12-14-2-4-15(29)11-18(14)30)21-22-24(39-25-23(21)40-28(36)32-25)27(35)33(26(22)34)17-7-5-16(31)6-8-17/h2-11,21-22,24H,12H2,1H3,(H,32,36)/t21-,22-,24+/m0/s1. The van der Waals surface area contributed by atoms with E-state index in [9.17, 15) is 18.8 Å². The zero-order valence-electron chi connectivity index (χ0n) is 20.7. The van der Waals surface area contributed by atoms with Gasteiger partial charge in [0.05, 0.1) is 23.7 Å². The molecule has 204 valence electrons. The van der Waals surface area contributed by atoms with Crippen molar-refractivity contribution in [3.05, 3.63) is 102 Å². The third-order valence-corrected chi connectivity index (χ3v) is 9.84. The molecule has 7 nitrogen and oxygen atoms in total. The number of imide groups is 1. The summed E-state index contributed by atoms with van der Waals surface area (Å²) in [5, 5.41) is 0.775. The number of methoxy groups -OCH3 is 1. The van der Waals surface area contributed by atoms with E-state index in [2.05, 4.69) is 4.98 Å². The van der Waals surface area contributed by atoms with Gasteiger partial charge in [-0.25, -0.2) is 9.29 Å². The fourth-order valence-corrected chi connectivity index (χ4v) is 7.99. The van der Waals surface area contributed by atoms with Crippen LogP contribution in [0.1, 0.15) is 21.9 Å². The first kappa shape index (κ1) is 26.9. The van der Waals surface area contributed by atoms with E-state index in [1.54, 1.807) is 36.4 Å². The molecule has 2 amide bonds. The molecule has 4 aromatic rings. The number of aromatic amines is 1. The molecule has 3 aromatic carbocycles. The predicted molar refractivity (Wildman–Crippen MR) is 153 cm³/mol. The molecule has 0 radical (unpaired) electrons. The number of benzene rings is 3. The maximum absolute atomic E-state index is 13.8. The van der Waals surface area contributed by atoms with Gasteiger partial charge in [-0.15, -0.1) is 0 Å². The van der Waals surface area contributed by atoms with Crippen LogP contribution in [0.2, 0.25) is 10.0 Å². The Kier molecular flexibility index (Phi) is 7.12. The van der Waals surface area contributed by atoms with Crippen molar-refractivity contribution < 1.29 is 23.5 Å². The van der Waals surface area contributed by atoms with Gasteiger partial charge < -0.3 is 14.5 Å². The van der Waals surface area contributed by atoms with E-state index in [1.807, 2.05) is 0 Å². The maximum atomic E-state index is 13.8. The second kappa shape index (κ2) is 10.6. The Labute approximate surface area is 245 Å². The number of thioether (sulfide) groups is 1. The van der Waals surface area contributed by atoms with Gasteiger partial charge in [0.1, 0.15) is 17.7 Å². The number of carbonyl (C=O) groups excluding carboxylic acids is 2. The molecule has 2 aliphatic heterocycles. The van der Waals surface area contributed by atoms with Gasteiger partial charge in [0.25, 0.3) is 0 Å². The highest BCUT2D eigenvalue weighted by atomic mass is 35.5. The number of fused-ring (bicyclic) bond motifs is 2. The van der Waals surface area contributed by atoms with Crippen LogP contribution in [0.25, 0.3) is 0 Å². The van der Waals surface area contributed by atoms with Crippen molar-refractivity contribution in [2.75, 3.05) is 12.0 Å². The van der Waals surface area contributed by atoms with Crippen LogP contribution in [-0.4, -0.2) is 29.2 Å². The molecule has 0 saturated carbocycles. The number of carbonyl (C=O) groups is 2. The van der Waals surface area contributed by atoms with E-state index in [4.69, 9.17) is 32.7 Å². The molecule has 0 aliphatic carbocycles. The Morgan fingerprint density at radius 1 is 0.975 bits per heavy atom. The van der Waals surface area contributed by atoms with Gasteiger partial charge >= 0.3 is 4.87 Å². The molecule has 1 saturated heterocycles. The van der Waals surface area contributed by atoms with Crippen LogP contribution in [0, 0.1) is 11.7 Å². The molecule has 3 atom stereocenters. The summed E-state index contributed by atoms with van der Waals surface area (Å²) in [6, 6.07) is 15.6. The number of H-pyrrole nitrogens is 1. The number of thiazole rings is 1. The first-order valence-electron chi connectivity index (χ1n) is 12.0. The van der Waals surface area contributed by atoms with Crippen LogP contribution in [0.15, 0.2) is 70.5 Å². The zero-order valence-corrected chi connectivity index (χ0v) is 23.8. The molecule has 0 spiro atoms. The van der Waals surface area contributed by atoms with Crippen LogP contribution in [-0.2, 0) is 16.2 Å². The van der Waals surface area contributed by atoms with Crippen LogP contribution >= 0.6 is 46.3 Å². The summed E-state index contributed by atoms with van der Waals surface area (Å²) in [6.07, 6.45) is 0. The van der Waals surface area contributed by atoms with Crippen molar-refractivity contribution in [1.29, 1.82) is 0 Å². The Morgan fingerprint density at radius 2 is 1.75 bits per heavy atom.